The Morgan fingerprint density at radius 2 is 2.06 bits per heavy atom. The van der Waals surface area contributed by atoms with E-state index in [0.717, 1.165) is 11.4 Å². The predicted octanol–water partition coefficient (Wildman–Crippen LogP) is 2.07. The minimum atomic E-state index is -0.216. The molecule has 1 aromatic rings. The molecule has 0 amide bonds. The first-order chi connectivity index (χ1) is 8.71. The van der Waals surface area contributed by atoms with Crippen molar-refractivity contribution in [2.24, 2.45) is 0 Å². The van der Waals surface area contributed by atoms with E-state index in [9.17, 15) is 4.79 Å². The van der Waals surface area contributed by atoms with Crippen LogP contribution in [0, 0.1) is 0 Å². The molecule has 0 fully saturated rings. The molecule has 0 atom stereocenters. The van der Waals surface area contributed by atoms with E-state index in [0.29, 0.717) is 25.3 Å². The van der Waals surface area contributed by atoms with Gasteiger partial charge in [-0.15, -0.1) is 0 Å². The summed E-state index contributed by atoms with van der Waals surface area (Å²) in [5.74, 6) is 1.22. The fourth-order valence-electron chi connectivity index (χ4n) is 1.48. The van der Waals surface area contributed by atoms with Crippen LogP contribution in [0.25, 0.3) is 0 Å². The standard InChI is InChI=1S/C13H19NO4/c1-4-18-13(15)7-8-14-11-9-10(16-2)5-6-12(11)17-3/h5-6,9,14H,4,7-8H2,1-3H3. The highest BCUT2D eigenvalue weighted by molar-refractivity contribution is 5.70. The van der Waals surface area contributed by atoms with Gasteiger partial charge in [-0.05, 0) is 19.1 Å². The SMILES string of the molecule is CCOC(=O)CCNc1cc(OC)ccc1OC. The van der Waals surface area contributed by atoms with Crippen molar-refractivity contribution in [2.45, 2.75) is 13.3 Å². The Labute approximate surface area is 107 Å². The van der Waals surface area contributed by atoms with Crippen molar-refractivity contribution < 1.29 is 19.0 Å². The molecule has 0 aliphatic carbocycles. The van der Waals surface area contributed by atoms with E-state index in [1.165, 1.54) is 0 Å². The molecule has 0 spiro atoms. The van der Waals surface area contributed by atoms with Crippen molar-refractivity contribution in [2.75, 3.05) is 32.7 Å². The number of esters is 1. The first kappa shape index (κ1) is 14.2. The van der Waals surface area contributed by atoms with E-state index in [-0.39, 0.29) is 5.97 Å². The van der Waals surface area contributed by atoms with Crippen molar-refractivity contribution in [3.8, 4) is 11.5 Å². The number of ether oxygens (including phenoxy) is 3. The monoisotopic (exact) mass is 253 g/mol. The third kappa shape index (κ3) is 4.16. The van der Waals surface area contributed by atoms with Crippen molar-refractivity contribution in [3.63, 3.8) is 0 Å². The molecule has 1 N–H and O–H groups in total. The number of methoxy groups -OCH3 is 2. The highest BCUT2D eigenvalue weighted by Gasteiger charge is 2.06. The van der Waals surface area contributed by atoms with Crippen LogP contribution in [0.2, 0.25) is 0 Å². The lowest BCUT2D eigenvalue weighted by molar-refractivity contribution is -0.142. The Bertz CT molecular complexity index is 393. The summed E-state index contributed by atoms with van der Waals surface area (Å²) in [6, 6.07) is 5.45. The van der Waals surface area contributed by atoms with E-state index < -0.39 is 0 Å². The fraction of sp³-hybridized carbons (Fsp3) is 0.462. The zero-order chi connectivity index (χ0) is 13.4. The van der Waals surface area contributed by atoms with Crippen LogP contribution < -0.4 is 14.8 Å². The van der Waals surface area contributed by atoms with Crippen LogP contribution >= 0.6 is 0 Å². The molecule has 1 rings (SSSR count). The molecule has 0 aliphatic rings. The third-order valence-corrected chi connectivity index (χ3v) is 2.36. The van der Waals surface area contributed by atoms with Crippen LogP contribution in [-0.2, 0) is 9.53 Å². The summed E-state index contributed by atoms with van der Waals surface area (Å²) < 4.78 is 15.2. The molecule has 0 aliphatic heterocycles. The largest absolute Gasteiger partial charge is 0.497 e. The van der Waals surface area contributed by atoms with Gasteiger partial charge in [0.2, 0.25) is 0 Å². The van der Waals surface area contributed by atoms with Crippen LogP contribution in [-0.4, -0.2) is 33.3 Å². The molecule has 0 saturated heterocycles. The molecule has 0 aromatic heterocycles. The van der Waals surface area contributed by atoms with Crippen LogP contribution in [0.3, 0.4) is 0 Å². The smallest absolute Gasteiger partial charge is 0.307 e. The first-order valence-corrected chi connectivity index (χ1v) is 5.82. The van der Waals surface area contributed by atoms with Crippen molar-refractivity contribution in [1.82, 2.24) is 0 Å². The predicted molar refractivity (Wildman–Crippen MR) is 69.3 cm³/mol. The average molecular weight is 253 g/mol. The van der Waals surface area contributed by atoms with Gasteiger partial charge in [0.15, 0.2) is 0 Å². The van der Waals surface area contributed by atoms with E-state index in [4.69, 9.17) is 14.2 Å². The van der Waals surface area contributed by atoms with E-state index in [2.05, 4.69) is 5.32 Å². The minimum absolute atomic E-state index is 0.216. The van der Waals surface area contributed by atoms with Gasteiger partial charge in [-0.2, -0.15) is 0 Å². The molecule has 5 nitrogen and oxygen atoms in total. The van der Waals surface area contributed by atoms with Gasteiger partial charge in [-0.1, -0.05) is 0 Å². The van der Waals surface area contributed by atoms with Crippen molar-refractivity contribution in [1.29, 1.82) is 0 Å². The Hall–Kier alpha value is -1.91. The summed E-state index contributed by atoms with van der Waals surface area (Å²) in [6.45, 7) is 2.68. The number of carbonyl (C=O) groups is 1. The van der Waals surface area contributed by atoms with E-state index >= 15 is 0 Å². The second-order valence-corrected chi connectivity index (χ2v) is 3.55. The van der Waals surface area contributed by atoms with Gasteiger partial charge in [0, 0.05) is 12.6 Å². The summed E-state index contributed by atoms with van der Waals surface area (Å²) in [6.07, 6.45) is 0.314. The lowest BCUT2D eigenvalue weighted by atomic mass is 10.2. The molecular weight excluding hydrogens is 234 g/mol. The summed E-state index contributed by atoms with van der Waals surface area (Å²) in [4.78, 5) is 11.2. The van der Waals surface area contributed by atoms with Gasteiger partial charge in [0.25, 0.3) is 0 Å². The zero-order valence-electron chi connectivity index (χ0n) is 11.0. The maximum absolute atomic E-state index is 11.2. The zero-order valence-corrected chi connectivity index (χ0v) is 11.0. The number of carbonyl (C=O) groups excluding carboxylic acids is 1. The second-order valence-electron chi connectivity index (χ2n) is 3.55. The van der Waals surface area contributed by atoms with E-state index in [1.54, 1.807) is 21.1 Å². The normalized spacial score (nSPS) is 9.72. The molecule has 0 unspecified atom stereocenters. The van der Waals surface area contributed by atoms with Gasteiger partial charge in [-0.3, -0.25) is 4.79 Å². The third-order valence-electron chi connectivity index (χ3n) is 2.36. The molecule has 0 bridgehead atoms. The fourth-order valence-corrected chi connectivity index (χ4v) is 1.48. The Morgan fingerprint density at radius 1 is 1.28 bits per heavy atom. The number of anilines is 1. The molecule has 0 saturated carbocycles. The lowest BCUT2D eigenvalue weighted by Gasteiger charge is -2.12. The van der Waals surface area contributed by atoms with Gasteiger partial charge in [0.05, 0.1) is 32.9 Å². The van der Waals surface area contributed by atoms with Gasteiger partial charge in [0.1, 0.15) is 11.5 Å². The lowest BCUT2D eigenvalue weighted by Crippen LogP contribution is -2.11. The quantitative estimate of drug-likeness (QED) is 0.754. The maximum atomic E-state index is 11.2. The molecule has 1 aromatic carbocycles. The highest BCUT2D eigenvalue weighted by Crippen LogP contribution is 2.28. The Kier molecular flexibility index (Phi) is 5.84. The molecule has 100 valence electrons. The van der Waals surface area contributed by atoms with Crippen LogP contribution in [0.1, 0.15) is 13.3 Å². The van der Waals surface area contributed by atoms with Crippen molar-refractivity contribution in [3.05, 3.63) is 18.2 Å². The average Bonchev–Trinajstić information content (AvgIpc) is 2.39. The number of benzene rings is 1. The number of rotatable bonds is 7. The van der Waals surface area contributed by atoms with Gasteiger partial charge < -0.3 is 19.5 Å². The summed E-state index contributed by atoms with van der Waals surface area (Å²) in [5, 5.41) is 3.12. The first-order valence-electron chi connectivity index (χ1n) is 5.82. The van der Waals surface area contributed by atoms with E-state index in [1.807, 2.05) is 18.2 Å². The number of hydrogen-bond donors (Lipinski definition) is 1. The van der Waals surface area contributed by atoms with Crippen molar-refractivity contribution >= 4 is 11.7 Å². The molecule has 18 heavy (non-hydrogen) atoms. The second kappa shape index (κ2) is 7.42. The Balaban J connectivity index is 2.57. The summed E-state index contributed by atoms with van der Waals surface area (Å²) >= 11 is 0. The van der Waals surface area contributed by atoms with Gasteiger partial charge in [-0.25, -0.2) is 0 Å². The Morgan fingerprint density at radius 3 is 2.67 bits per heavy atom. The van der Waals surface area contributed by atoms with Crippen LogP contribution in [0.5, 0.6) is 11.5 Å². The summed E-state index contributed by atoms with van der Waals surface area (Å²) in [7, 11) is 3.20. The molecular formula is C13H19NO4. The maximum Gasteiger partial charge on any atom is 0.307 e. The van der Waals surface area contributed by atoms with Crippen LogP contribution in [0.4, 0.5) is 5.69 Å². The highest BCUT2D eigenvalue weighted by atomic mass is 16.5. The van der Waals surface area contributed by atoms with Gasteiger partial charge >= 0.3 is 5.97 Å². The molecule has 0 radical (unpaired) electrons. The number of hydrogen-bond acceptors (Lipinski definition) is 5. The summed E-state index contributed by atoms with van der Waals surface area (Å²) in [5.41, 5.74) is 0.793. The van der Waals surface area contributed by atoms with Crippen LogP contribution in [0.15, 0.2) is 18.2 Å². The minimum Gasteiger partial charge on any atom is -0.497 e. The number of nitrogens with one attached hydrogen (secondary N) is 1. The molecule has 5 heteroatoms. The molecule has 0 heterocycles. The topological polar surface area (TPSA) is 56.8 Å².